The quantitative estimate of drug-likeness (QED) is 0.154. The first-order chi connectivity index (χ1) is 18.7. The lowest BCUT2D eigenvalue weighted by Gasteiger charge is -2.17. The molecule has 0 saturated carbocycles. The van der Waals surface area contributed by atoms with E-state index in [4.69, 9.17) is 9.29 Å². The third-order valence-electron chi connectivity index (χ3n) is 5.99. The number of benzene rings is 1. The van der Waals surface area contributed by atoms with Crippen molar-refractivity contribution in [3.05, 3.63) is 66.4 Å². The Kier molecular flexibility index (Phi) is 7.21. The Hall–Kier alpha value is -4.06. The summed E-state index contributed by atoms with van der Waals surface area (Å²) in [5.74, 6) is 0.272. The lowest BCUT2D eigenvalue weighted by atomic mass is 10.1. The van der Waals surface area contributed by atoms with Gasteiger partial charge in [0.05, 0.1) is 24.4 Å². The van der Waals surface area contributed by atoms with Crippen molar-refractivity contribution in [1.29, 1.82) is 0 Å². The highest BCUT2D eigenvalue weighted by Crippen LogP contribution is 2.32. The van der Waals surface area contributed by atoms with Crippen LogP contribution in [-0.2, 0) is 21.4 Å². The van der Waals surface area contributed by atoms with Crippen molar-refractivity contribution >= 4 is 38.8 Å². The number of aliphatic hydroxyl groups excluding tert-OH is 3. The minimum atomic E-state index is -4.40. The van der Waals surface area contributed by atoms with Gasteiger partial charge in [0.2, 0.25) is 0 Å². The Bertz CT molecular complexity index is 1600. The number of carbonyl (C=O) groups excluding carboxylic acids is 1. The summed E-state index contributed by atoms with van der Waals surface area (Å²) >= 11 is 0. The molecule has 4 aromatic rings. The van der Waals surface area contributed by atoms with Crippen LogP contribution in [0, 0.1) is 0 Å². The van der Waals surface area contributed by atoms with Crippen molar-refractivity contribution in [3.8, 4) is 0 Å². The molecule has 1 amide bonds. The fourth-order valence-corrected chi connectivity index (χ4v) is 4.50. The van der Waals surface area contributed by atoms with Crippen LogP contribution in [0.25, 0.3) is 11.2 Å². The Labute approximate surface area is 220 Å². The number of aliphatic hydroxyl groups is 3. The van der Waals surface area contributed by atoms with E-state index in [0.717, 1.165) is 12.1 Å². The molecule has 1 fully saturated rings. The van der Waals surface area contributed by atoms with E-state index in [2.05, 4.69) is 30.6 Å². The summed E-state index contributed by atoms with van der Waals surface area (Å²) in [5, 5.41) is 35.9. The van der Waals surface area contributed by atoms with Crippen LogP contribution in [0.15, 0.2) is 59.9 Å². The fourth-order valence-electron chi connectivity index (χ4n) is 4.02. The Morgan fingerprint density at radius 3 is 2.46 bits per heavy atom. The van der Waals surface area contributed by atoms with E-state index < -0.39 is 47.2 Å². The van der Waals surface area contributed by atoms with Crippen molar-refractivity contribution in [2.45, 2.75) is 36.0 Å². The fraction of sp³-hybridized carbons (Fsp3) is 0.261. The van der Waals surface area contributed by atoms with Crippen molar-refractivity contribution in [2.24, 2.45) is 0 Å². The molecule has 1 saturated heterocycles. The van der Waals surface area contributed by atoms with Gasteiger partial charge in [-0.15, -0.1) is 0 Å². The Morgan fingerprint density at radius 1 is 1.05 bits per heavy atom. The molecule has 0 radical (unpaired) electrons. The van der Waals surface area contributed by atoms with Gasteiger partial charge in [-0.3, -0.25) is 13.9 Å². The molecule has 1 aromatic carbocycles. The number of nitrogens with one attached hydrogen (secondary N) is 2. The molecular formula is C23H23N7O8S. The van der Waals surface area contributed by atoms with E-state index in [1.807, 2.05) is 0 Å². The number of ether oxygens (including phenoxy) is 1. The van der Waals surface area contributed by atoms with E-state index >= 15 is 0 Å². The van der Waals surface area contributed by atoms with E-state index in [0.29, 0.717) is 5.82 Å². The smallest absolute Gasteiger partial charge is 0.294 e. The molecule has 1 aliphatic rings. The molecule has 1 aliphatic heterocycles. The Balaban J connectivity index is 1.46. The minimum absolute atomic E-state index is 0.131. The predicted molar refractivity (Wildman–Crippen MR) is 133 cm³/mol. The number of anilines is 2. The standard InChI is InChI=1S/C23H23N7O8S/c31-10-14-18(32)19(33)23(38-14)30-11-26-17-20(27-15-3-1-2-8-24-15)28-16(29-21(17)30)9-25-22(34)12-4-6-13(7-5-12)39(35,36)37/h1-8,11,14,18-19,23,31-33H,9-10H2,(H,25,34)(H,35,36,37)(H,24,27,28,29). The van der Waals surface area contributed by atoms with Crippen molar-refractivity contribution in [3.63, 3.8) is 0 Å². The summed E-state index contributed by atoms with van der Waals surface area (Å²) in [6, 6.07) is 9.89. The maximum atomic E-state index is 12.7. The molecule has 3 aromatic heterocycles. The van der Waals surface area contributed by atoms with E-state index in [1.165, 1.54) is 23.0 Å². The molecule has 204 valence electrons. The van der Waals surface area contributed by atoms with Gasteiger partial charge in [0, 0.05) is 11.8 Å². The van der Waals surface area contributed by atoms with Crippen molar-refractivity contribution in [2.75, 3.05) is 11.9 Å². The maximum Gasteiger partial charge on any atom is 0.294 e. The van der Waals surface area contributed by atoms with Gasteiger partial charge in [-0.2, -0.15) is 8.42 Å². The average molecular weight is 558 g/mol. The number of pyridine rings is 1. The van der Waals surface area contributed by atoms with Crippen LogP contribution in [0.5, 0.6) is 0 Å². The number of amides is 1. The second-order valence-corrected chi connectivity index (χ2v) is 9.98. The van der Waals surface area contributed by atoms with Gasteiger partial charge in [0.1, 0.15) is 24.1 Å². The average Bonchev–Trinajstić information content (AvgIpc) is 3.47. The summed E-state index contributed by atoms with van der Waals surface area (Å²) in [6.45, 7) is -0.668. The summed E-state index contributed by atoms with van der Waals surface area (Å²) in [7, 11) is -4.40. The Morgan fingerprint density at radius 2 is 1.82 bits per heavy atom. The van der Waals surface area contributed by atoms with Crippen LogP contribution in [-0.4, -0.2) is 83.6 Å². The molecule has 4 unspecified atom stereocenters. The highest BCUT2D eigenvalue weighted by Gasteiger charge is 2.44. The van der Waals surface area contributed by atoms with E-state index in [-0.39, 0.29) is 39.8 Å². The number of hydrogen-bond acceptors (Lipinski definition) is 12. The molecule has 6 N–H and O–H groups in total. The van der Waals surface area contributed by atoms with Gasteiger partial charge in [-0.1, -0.05) is 6.07 Å². The highest BCUT2D eigenvalue weighted by molar-refractivity contribution is 7.85. The number of rotatable bonds is 8. The summed E-state index contributed by atoms with van der Waals surface area (Å²) < 4.78 is 38.6. The zero-order valence-corrected chi connectivity index (χ0v) is 20.8. The van der Waals surface area contributed by atoms with Crippen molar-refractivity contribution < 1.29 is 37.8 Å². The lowest BCUT2D eigenvalue weighted by Crippen LogP contribution is -2.33. The molecule has 5 rings (SSSR count). The third-order valence-corrected chi connectivity index (χ3v) is 6.86. The normalized spacial score (nSPS) is 21.2. The number of carbonyl (C=O) groups is 1. The molecule has 15 nitrogen and oxygen atoms in total. The van der Waals surface area contributed by atoms with Crippen LogP contribution >= 0.6 is 0 Å². The van der Waals surface area contributed by atoms with Crippen molar-refractivity contribution in [1.82, 2.24) is 29.8 Å². The first kappa shape index (κ1) is 26.5. The number of imidazole rings is 1. The largest absolute Gasteiger partial charge is 0.394 e. The SMILES string of the molecule is O=C(NCc1nc(Nc2ccccn2)c2ncn(C3OC(CO)C(O)C3O)c2n1)c1ccc(S(=O)(=O)O)cc1. The number of fused-ring (bicyclic) bond motifs is 1. The van der Waals surface area contributed by atoms with Gasteiger partial charge >= 0.3 is 0 Å². The van der Waals surface area contributed by atoms with E-state index in [1.54, 1.807) is 24.4 Å². The first-order valence-electron chi connectivity index (χ1n) is 11.6. The second kappa shape index (κ2) is 10.6. The summed E-state index contributed by atoms with van der Waals surface area (Å²) in [5.41, 5.74) is 0.626. The van der Waals surface area contributed by atoms with Crippen LogP contribution in [0.3, 0.4) is 0 Å². The summed E-state index contributed by atoms with van der Waals surface area (Å²) in [4.78, 5) is 29.8. The van der Waals surface area contributed by atoms with Gasteiger partial charge in [0.15, 0.2) is 29.0 Å². The predicted octanol–water partition coefficient (Wildman–Crippen LogP) is -0.247. The second-order valence-electron chi connectivity index (χ2n) is 8.56. The maximum absolute atomic E-state index is 12.7. The molecule has 0 bridgehead atoms. The van der Waals surface area contributed by atoms with Crippen LogP contribution < -0.4 is 10.6 Å². The van der Waals surface area contributed by atoms with Crippen LogP contribution in [0.4, 0.5) is 11.6 Å². The molecule has 39 heavy (non-hydrogen) atoms. The number of hydrogen-bond donors (Lipinski definition) is 6. The zero-order chi connectivity index (χ0) is 27.7. The number of nitrogens with zero attached hydrogens (tertiary/aromatic N) is 5. The summed E-state index contributed by atoms with van der Waals surface area (Å²) in [6.07, 6.45) is -1.91. The van der Waals surface area contributed by atoms with Gasteiger partial charge in [-0.25, -0.2) is 19.9 Å². The molecule has 16 heteroatoms. The third kappa shape index (κ3) is 5.42. The van der Waals surface area contributed by atoms with Gasteiger partial charge < -0.3 is 30.7 Å². The molecule has 0 aliphatic carbocycles. The van der Waals surface area contributed by atoms with Gasteiger partial charge in [0.25, 0.3) is 16.0 Å². The lowest BCUT2D eigenvalue weighted by molar-refractivity contribution is -0.0511. The first-order valence-corrected chi connectivity index (χ1v) is 13.0. The van der Waals surface area contributed by atoms with Gasteiger partial charge in [-0.05, 0) is 36.4 Å². The highest BCUT2D eigenvalue weighted by atomic mass is 32.2. The zero-order valence-electron chi connectivity index (χ0n) is 20.0. The van der Waals surface area contributed by atoms with E-state index in [9.17, 15) is 28.5 Å². The van der Waals surface area contributed by atoms with Crippen LogP contribution in [0.1, 0.15) is 22.4 Å². The number of aromatic nitrogens is 5. The molecular weight excluding hydrogens is 534 g/mol. The minimum Gasteiger partial charge on any atom is -0.394 e. The monoisotopic (exact) mass is 557 g/mol. The van der Waals surface area contributed by atoms with Crippen LogP contribution in [0.2, 0.25) is 0 Å². The molecule has 4 atom stereocenters. The molecule has 4 heterocycles. The molecule has 0 spiro atoms. The topological polar surface area (TPSA) is 222 Å².